The Kier molecular flexibility index (Phi) is 3.66. The largest absolute Gasteiger partial charge is 0.338 e. The van der Waals surface area contributed by atoms with Crippen molar-refractivity contribution in [1.29, 1.82) is 0 Å². The van der Waals surface area contributed by atoms with Crippen LogP contribution in [0, 0.1) is 23.7 Å². The summed E-state index contributed by atoms with van der Waals surface area (Å²) in [5, 5.41) is 8.37. The first kappa shape index (κ1) is 13.6. The zero-order valence-corrected chi connectivity index (χ0v) is 13.2. The minimum absolute atomic E-state index is 0.0404. The zero-order chi connectivity index (χ0) is 14.2. The lowest BCUT2D eigenvalue weighted by molar-refractivity contribution is 0.198. The van der Waals surface area contributed by atoms with E-state index < -0.39 is 0 Å². The van der Waals surface area contributed by atoms with Gasteiger partial charge >= 0.3 is 6.03 Å². The highest BCUT2D eigenvalue weighted by atomic mass is 32.1. The van der Waals surface area contributed by atoms with E-state index in [4.69, 9.17) is 0 Å². The van der Waals surface area contributed by atoms with Crippen molar-refractivity contribution >= 4 is 17.4 Å². The van der Waals surface area contributed by atoms with Crippen molar-refractivity contribution in [1.82, 2.24) is 10.6 Å². The van der Waals surface area contributed by atoms with Crippen LogP contribution in [0.15, 0.2) is 17.5 Å². The van der Waals surface area contributed by atoms with Gasteiger partial charge in [-0.15, -0.1) is 11.3 Å². The number of nitrogens with one attached hydrogen (secondary N) is 2. The number of fused-ring (bicyclic) bond motifs is 5. The summed E-state index contributed by atoms with van der Waals surface area (Å²) >= 11 is 1.76. The molecule has 0 aromatic carbocycles. The van der Waals surface area contributed by atoms with Crippen LogP contribution in [0.4, 0.5) is 4.79 Å². The molecule has 0 unspecified atom stereocenters. The van der Waals surface area contributed by atoms with Crippen LogP contribution in [-0.2, 0) is 6.42 Å². The normalized spacial score (nSPS) is 36.7. The van der Waals surface area contributed by atoms with E-state index in [-0.39, 0.29) is 6.03 Å². The minimum atomic E-state index is 0.0404. The van der Waals surface area contributed by atoms with Gasteiger partial charge in [-0.1, -0.05) is 12.5 Å². The monoisotopic (exact) mass is 304 g/mol. The van der Waals surface area contributed by atoms with Crippen LogP contribution in [0.5, 0.6) is 0 Å². The van der Waals surface area contributed by atoms with Gasteiger partial charge in [0, 0.05) is 17.5 Å². The lowest BCUT2D eigenvalue weighted by Gasteiger charge is -2.32. The minimum Gasteiger partial charge on any atom is -0.338 e. The van der Waals surface area contributed by atoms with Crippen LogP contribution in [-0.4, -0.2) is 18.6 Å². The van der Waals surface area contributed by atoms with Crippen molar-refractivity contribution in [3.05, 3.63) is 22.4 Å². The van der Waals surface area contributed by atoms with Gasteiger partial charge in [0.25, 0.3) is 0 Å². The van der Waals surface area contributed by atoms with Gasteiger partial charge in [0.15, 0.2) is 0 Å². The van der Waals surface area contributed by atoms with Gasteiger partial charge in [-0.05, 0) is 67.2 Å². The van der Waals surface area contributed by atoms with E-state index in [0.717, 1.165) is 36.6 Å². The standard InChI is InChI=1S/C17H24N2OS/c20-17(18-7-6-12-3-2-8-21-12)19-16-10-11-9-15(16)14-5-1-4-13(11)14/h2-3,8,11,13-16H,1,4-7,9-10H2,(H2,18,19,20)/t11-,13-,14-,15+,16-/m1/s1. The van der Waals surface area contributed by atoms with Gasteiger partial charge in [0.1, 0.15) is 0 Å². The highest BCUT2D eigenvalue weighted by molar-refractivity contribution is 7.09. The highest BCUT2D eigenvalue weighted by Gasteiger charge is 2.53. The van der Waals surface area contributed by atoms with E-state index in [2.05, 4.69) is 28.1 Å². The number of urea groups is 1. The summed E-state index contributed by atoms with van der Waals surface area (Å²) in [6.07, 6.45) is 7.81. The molecule has 0 saturated heterocycles. The molecule has 4 rings (SSSR count). The maximum Gasteiger partial charge on any atom is 0.315 e. The van der Waals surface area contributed by atoms with Gasteiger partial charge < -0.3 is 10.6 Å². The van der Waals surface area contributed by atoms with Gasteiger partial charge in [-0.2, -0.15) is 0 Å². The Morgan fingerprint density at radius 1 is 1.24 bits per heavy atom. The fraction of sp³-hybridized carbons (Fsp3) is 0.706. The average Bonchev–Trinajstić information content (AvgIpc) is 3.21. The second-order valence-electron chi connectivity index (χ2n) is 6.99. The fourth-order valence-corrected chi connectivity index (χ4v) is 5.92. The molecule has 4 heteroatoms. The van der Waals surface area contributed by atoms with Crippen LogP contribution >= 0.6 is 11.3 Å². The maximum atomic E-state index is 12.1. The first-order valence-corrected chi connectivity index (χ1v) is 9.26. The summed E-state index contributed by atoms with van der Waals surface area (Å²) in [5.74, 6) is 3.58. The molecule has 2 N–H and O–H groups in total. The van der Waals surface area contributed by atoms with Crippen LogP contribution < -0.4 is 10.6 Å². The molecule has 0 spiro atoms. The molecule has 1 aromatic heterocycles. The molecular weight excluding hydrogens is 280 g/mol. The molecule has 2 amide bonds. The molecule has 114 valence electrons. The Balaban J connectivity index is 1.24. The third kappa shape index (κ3) is 2.59. The van der Waals surface area contributed by atoms with Gasteiger partial charge in [-0.3, -0.25) is 0 Å². The fourth-order valence-electron chi connectivity index (χ4n) is 5.21. The predicted molar refractivity (Wildman–Crippen MR) is 85.4 cm³/mol. The molecular formula is C17H24N2OS. The summed E-state index contributed by atoms with van der Waals surface area (Å²) in [5.41, 5.74) is 0. The summed E-state index contributed by atoms with van der Waals surface area (Å²) in [6.45, 7) is 0.735. The molecule has 3 aliphatic rings. The number of hydrogen-bond donors (Lipinski definition) is 2. The van der Waals surface area contributed by atoms with Gasteiger partial charge in [0.2, 0.25) is 0 Å². The van der Waals surface area contributed by atoms with Crippen LogP contribution in [0.2, 0.25) is 0 Å². The molecule has 0 aliphatic heterocycles. The first-order chi connectivity index (χ1) is 10.3. The number of thiophene rings is 1. The smallest absolute Gasteiger partial charge is 0.315 e. The Bertz CT molecular complexity index is 501. The Morgan fingerprint density at radius 3 is 3.00 bits per heavy atom. The van der Waals surface area contributed by atoms with Crippen LogP contribution in [0.1, 0.15) is 37.0 Å². The maximum absolute atomic E-state index is 12.1. The molecule has 21 heavy (non-hydrogen) atoms. The van der Waals surface area contributed by atoms with Crippen LogP contribution in [0.3, 0.4) is 0 Å². The molecule has 1 aromatic rings. The van der Waals surface area contributed by atoms with Crippen LogP contribution in [0.25, 0.3) is 0 Å². The van der Waals surface area contributed by atoms with Crippen molar-refractivity contribution in [2.45, 2.75) is 44.6 Å². The molecule has 3 saturated carbocycles. The molecule has 3 fully saturated rings. The van der Waals surface area contributed by atoms with E-state index in [1.54, 1.807) is 11.3 Å². The number of rotatable bonds is 4. The Hall–Kier alpha value is -1.03. The highest BCUT2D eigenvalue weighted by Crippen LogP contribution is 2.58. The van der Waals surface area contributed by atoms with Crippen molar-refractivity contribution in [2.75, 3.05) is 6.54 Å². The summed E-state index contributed by atoms with van der Waals surface area (Å²) in [7, 11) is 0. The number of carbonyl (C=O) groups excluding carboxylic acids is 1. The molecule has 1 heterocycles. The summed E-state index contributed by atoms with van der Waals surface area (Å²) < 4.78 is 0. The van der Waals surface area contributed by atoms with Crippen molar-refractivity contribution in [2.24, 2.45) is 23.7 Å². The zero-order valence-electron chi connectivity index (χ0n) is 12.4. The third-order valence-corrected chi connectivity index (χ3v) is 6.92. The quantitative estimate of drug-likeness (QED) is 0.879. The Labute approximate surface area is 130 Å². The van der Waals surface area contributed by atoms with E-state index in [1.807, 2.05) is 0 Å². The predicted octanol–water partition coefficient (Wildman–Crippen LogP) is 3.41. The lowest BCUT2D eigenvalue weighted by Crippen LogP contribution is -2.47. The topological polar surface area (TPSA) is 41.1 Å². The Morgan fingerprint density at radius 2 is 2.14 bits per heavy atom. The molecule has 5 atom stereocenters. The first-order valence-electron chi connectivity index (χ1n) is 8.38. The van der Waals surface area contributed by atoms with Gasteiger partial charge in [-0.25, -0.2) is 4.79 Å². The summed E-state index contributed by atoms with van der Waals surface area (Å²) in [4.78, 5) is 13.4. The number of amides is 2. The van der Waals surface area contributed by atoms with Crippen molar-refractivity contribution in [3.8, 4) is 0 Å². The van der Waals surface area contributed by atoms with Gasteiger partial charge in [0.05, 0.1) is 0 Å². The van der Waals surface area contributed by atoms with E-state index >= 15 is 0 Å². The van der Waals surface area contributed by atoms with E-state index in [1.165, 1.54) is 37.0 Å². The average molecular weight is 304 g/mol. The number of carbonyl (C=O) groups is 1. The molecule has 2 bridgehead atoms. The molecule has 3 aliphatic carbocycles. The van der Waals surface area contributed by atoms with Crippen molar-refractivity contribution < 1.29 is 4.79 Å². The SMILES string of the molecule is O=C(NCCc1cccs1)N[C@@H]1C[C@H]2C[C@H]1[C@@H]1CCC[C@H]21. The van der Waals surface area contributed by atoms with E-state index in [0.29, 0.717) is 6.04 Å². The third-order valence-electron chi connectivity index (χ3n) is 5.98. The molecule has 3 nitrogen and oxygen atoms in total. The second-order valence-corrected chi connectivity index (χ2v) is 8.02. The molecule has 0 radical (unpaired) electrons. The van der Waals surface area contributed by atoms with E-state index in [9.17, 15) is 4.79 Å². The summed E-state index contributed by atoms with van der Waals surface area (Å²) in [6, 6.07) is 4.67. The lowest BCUT2D eigenvalue weighted by atomic mass is 9.79. The second kappa shape index (κ2) is 5.64. The van der Waals surface area contributed by atoms with Crippen molar-refractivity contribution in [3.63, 3.8) is 0 Å². The number of hydrogen-bond acceptors (Lipinski definition) is 2.